The number of furan rings is 1. The molecule has 1 aliphatic rings. The molecular formula is C30H26N2O3S. The molecule has 2 N–H and O–H groups in total. The molecule has 0 fully saturated rings. The number of hydrogen-bond donors (Lipinski definition) is 2. The van der Waals surface area contributed by atoms with Gasteiger partial charge in [-0.25, -0.2) is 0 Å². The molecule has 0 saturated heterocycles. The van der Waals surface area contributed by atoms with Crippen molar-refractivity contribution in [1.29, 1.82) is 0 Å². The van der Waals surface area contributed by atoms with Crippen LogP contribution in [0.2, 0.25) is 0 Å². The van der Waals surface area contributed by atoms with Crippen molar-refractivity contribution in [2.75, 3.05) is 11.9 Å². The number of aryl methyl sites for hydroxylation is 1. The molecule has 0 bridgehead atoms. The van der Waals surface area contributed by atoms with Crippen molar-refractivity contribution < 1.29 is 14.0 Å². The Labute approximate surface area is 213 Å². The molecule has 5 aromatic rings. The van der Waals surface area contributed by atoms with Crippen LogP contribution in [-0.4, -0.2) is 18.4 Å². The molecule has 0 spiro atoms. The van der Waals surface area contributed by atoms with E-state index in [0.717, 1.165) is 58.6 Å². The zero-order chi connectivity index (χ0) is 24.5. The highest BCUT2D eigenvalue weighted by Gasteiger charge is 2.27. The van der Waals surface area contributed by atoms with Crippen LogP contribution >= 0.6 is 11.3 Å². The Bertz CT molecular complexity index is 1580. The summed E-state index contributed by atoms with van der Waals surface area (Å²) < 4.78 is 5.76. The van der Waals surface area contributed by atoms with E-state index in [9.17, 15) is 9.59 Å². The van der Waals surface area contributed by atoms with E-state index < -0.39 is 0 Å². The number of anilines is 1. The molecule has 3 aromatic carbocycles. The van der Waals surface area contributed by atoms with Gasteiger partial charge in [0, 0.05) is 22.4 Å². The van der Waals surface area contributed by atoms with Crippen LogP contribution in [0, 0.1) is 0 Å². The number of thiophene rings is 1. The highest BCUT2D eigenvalue weighted by atomic mass is 32.1. The molecule has 6 rings (SSSR count). The summed E-state index contributed by atoms with van der Waals surface area (Å²) in [6.07, 6.45) is 5.50. The summed E-state index contributed by atoms with van der Waals surface area (Å²) in [6.45, 7) is 0.551. The Morgan fingerprint density at radius 2 is 1.78 bits per heavy atom. The van der Waals surface area contributed by atoms with Crippen molar-refractivity contribution in [3.05, 3.63) is 100 Å². The lowest BCUT2D eigenvalue weighted by atomic mass is 10.0. The number of carbonyl (C=O) groups excluding carboxylic acids is 2. The summed E-state index contributed by atoms with van der Waals surface area (Å²) in [4.78, 5) is 27.6. The zero-order valence-electron chi connectivity index (χ0n) is 19.8. The van der Waals surface area contributed by atoms with Crippen LogP contribution in [-0.2, 0) is 30.5 Å². The van der Waals surface area contributed by atoms with Gasteiger partial charge in [0.25, 0.3) is 5.91 Å². The largest absolute Gasteiger partial charge is 0.464 e. The Hall–Kier alpha value is -3.90. The molecule has 2 amide bonds. The Kier molecular flexibility index (Phi) is 6.03. The Morgan fingerprint density at radius 1 is 0.944 bits per heavy atom. The number of nitrogens with one attached hydrogen (secondary N) is 2. The second kappa shape index (κ2) is 9.63. The highest BCUT2D eigenvalue weighted by molar-refractivity contribution is 7.17. The first-order valence-corrected chi connectivity index (χ1v) is 13.1. The van der Waals surface area contributed by atoms with E-state index in [4.69, 9.17) is 4.42 Å². The van der Waals surface area contributed by atoms with Gasteiger partial charge in [-0.1, -0.05) is 60.7 Å². The van der Waals surface area contributed by atoms with E-state index >= 15 is 0 Å². The van der Waals surface area contributed by atoms with Gasteiger partial charge in [-0.05, 0) is 53.6 Å². The Balaban J connectivity index is 1.21. The fourth-order valence-corrected chi connectivity index (χ4v) is 6.44. The van der Waals surface area contributed by atoms with E-state index in [1.54, 1.807) is 6.26 Å². The monoisotopic (exact) mass is 494 g/mol. The van der Waals surface area contributed by atoms with Crippen LogP contribution in [0.1, 0.15) is 38.3 Å². The van der Waals surface area contributed by atoms with Crippen molar-refractivity contribution >= 4 is 49.9 Å². The summed E-state index contributed by atoms with van der Waals surface area (Å²) in [6, 6.07) is 22.2. The van der Waals surface area contributed by atoms with Crippen LogP contribution in [0.15, 0.2) is 77.4 Å². The molecule has 180 valence electrons. The van der Waals surface area contributed by atoms with Crippen molar-refractivity contribution in [2.45, 2.75) is 32.1 Å². The Morgan fingerprint density at radius 3 is 2.67 bits per heavy atom. The van der Waals surface area contributed by atoms with Crippen molar-refractivity contribution in [3.63, 3.8) is 0 Å². The number of rotatable bonds is 7. The smallest absolute Gasteiger partial charge is 0.254 e. The summed E-state index contributed by atoms with van der Waals surface area (Å²) in [5, 5.41) is 9.92. The minimum atomic E-state index is -0.149. The fourth-order valence-electron chi connectivity index (χ4n) is 5.13. The average molecular weight is 495 g/mol. The maximum atomic E-state index is 13.2. The predicted octanol–water partition coefficient (Wildman–Crippen LogP) is 6.29. The SMILES string of the molecule is O=C(Cc1coc2ccc3ccccc3c12)Nc1sc2c(c1C(=O)NCCc1ccccc1)CCC2. The fraction of sp³-hybridized carbons (Fsp3) is 0.200. The summed E-state index contributed by atoms with van der Waals surface area (Å²) in [7, 11) is 0. The van der Waals surface area contributed by atoms with Crippen LogP contribution in [0.3, 0.4) is 0 Å². The summed E-state index contributed by atoms with van der Waals surface area (Å²) >= 11 is 1.54. The second-order valence-electron chi connectivity index (χ2n) is 9.20. The minimum Gasteiger partial charge on any atom is -0.464 e. The summed E-state index contributed by atoms with van der Waals surface area (Å²) in [5.41, 5.74) is 4.52. The van der Waals surface area contributed by atoms with Gasteiger partial charge in [-0.15, -0.1) is 11.3 Å². The molecule has 0 aliphatic heterocycles. The molecule has 5 nitrogen and oxygen atoms in total. The minimum absolute atomic E-state index is 0.111. The van der Waals surface area contributed by atoms with E-state index in [1.807, 2.05) is 42.5 Å². The molecule has 2 aromatic heterocycles. The molecule has 0 unspecified atom stereocenters. The molecule has 1 aliphatic carbocycles. The lowest BCUT2D eigenvalue weighted by Gasteiger charge is -2.10. The lowest BCUT2D eigenvalue weighted by Crippen LogP contribution is -2.27. The van der Waals surface area contributed by atoms with Gasteiger partial charge in [0.05, 0.1) is 18.2 Å². The predicted molar refractivity (Wildman–Crippen MR) is 145 cm³/mol. The first kappa shape index (κ1) is 22.6. The zero-order valence-corrected chi connectivity index (χ0v) is 20.6. The van der Waals surface area contributed by atoms with E-state index in [1.165, 1.54) is 21.8 Å². The lowest BCUT2D eigenvalue weighted by molar-refractivity contribution is -0.115. The van der Waals surface area contributed by atoms with Crippen LogP contribution in [0.4, 0.5) is 5.00 Å². The van der Waals surface area contributed by atoms with Gasteiger partial charge in [-0.3, -0.25) is 9.59 Å². The van der Waals surface area contributed by atoms with Gasteiger partial charge in [0.2, 0.25) is 5.91 Å². The maximum Gasteiger partial charge on any atom is 0.254 e. The topological polar surface area (TPSA) is 71.3 Å². The van der Waals surface area contributed by atoms with E-state index in [0.29, 0.717) is 17.1 Å². The third-order valence-corrected chi connectivity index (χ3v) is 8.04. The number of fused-ring (bicyclic) bond motifs is 4. The standard InChI is InChI=1S/C30H26N2O3S/c33-26(17-21-18-35-24-14-13-20-9-4-5-10-22(20)27(21)24)32-30-28(23-11-6-12-25(23)36-30)29(34)31-16-15-19-7-2-1-3-8-19/h1-5,7-10,13-14,18H,6,11-12,15-17H2,(H,31,34)(H,32,33). The van der Waals surface area contributed by atoms with Crippen LogP contribution < -0.4 is 10.6 Å². The molecule has 0 saturated carbocycles. The van der Waals surface area contributed by atoms with Crippen LogP contribution in [0.5, 0.6) is 0 Å². The van der Waals surface area contributed by atoms with Crippen molar-refractivity contribution in [1.82, 2.24) is 5.32 Å². The number of benzene rings is 3. The average Bonchev–Trinajstić information content (AvgIpc) is 3.59. The molecule has 6 heteroatoms. The van der Waals surface area contributed by atoms with Crippen LogP contribution in [0.25, 0.3) is 21.7 Å². The molecule has 0 atom stereocenters. The van der Waals surface area contributed by atoms with Crippen molar-refractivity contribution in [2.24, 2.45) is 0 Å². The van der Waals surface area contributed by atoms with E-state index in [-0.39, 0.29) is 18.2 Å². The second-order valence-corrected chi connectivity index (χ2v) is 10.3. The van der Waals surface area contributed by atoms with Gasteiger partial charge < -0.3 is 15.1 Å². The molecular weight excluding hydrogens is 468 g/mol. The molecule has 36 heavy (non-hydrogen) atoms. The number of hydrogen-bond acceptors (Lipinski definition) is 4. The highest BCUT2D eigenvalue weighted by Crippen LogP contribution is 2.39. The maximum absolute atomic E-state index is 13.2. The van der Waals surface area contributed by atoms with E-state index in [2.05, 4.69) is 34.9 Å². The van der Waals surface area contributed by atoms with Crippen molar-refractivity contribution in [3.8, 4) is 0 Å². The first-order chi connectivity index (χ1) is 17.7. The third kappa shape index (κ3) is 4.29. The molecule has 0 radical (unpaired) electrons. The summed E-state index contributed by atoms with van der Waals surface area (Å²) in [5.74, 6) is -0.260. The first-order valence-electron chi connectivity index (χ1n) is 12.3. The number of carbonyl (C=O) groups is 2. The van der Waals surface area contributed by atoms with Gasteiger partial charge >= 0.3 is 0 Å². The number of amides is 2. The quantitative estimate of drug-likeness (QED) is 0.279. The van der Waals surface area contributed by atoms with Gasteiger partial charge in [0.15, 0.2) is 0 Å². The third-order valence-electron chi connectivity index (χ3n) is 6.83. The van der Waals surface area contributed by atoms with Gasteiger partial charge in [-0.2, -0.15) is 0 Å². The normalized spacial score (nSPS) is 12.7. The van der Waals surface area contributed by atoms with Gasteiger partial charge in [0.1, 0.15) is 10.6 Å². The molecule has 2 heterocycles.